The predicted octanol–water partition coefficient (Wildman–Crippen LogP) is 3.56. The van der Waals surface area contributed by atoms with Crippen molar-refractivity contribution in [1.82, 2.24) is 14.9 Å². The lowest BCUT2D eigenvalue weighted by atomic mass is 10.2. The highest BCUT2D eigenvalue weighted by Crippen LogP contribution is 2.38. The number of ether oxygens (including phenoxy) is 2. The van der Waals surface area contributed by atoms with Gasteiger partial charge in [-0.3, -0.25) is 9.59 Å². The molecule has 3 aromatic rings. The number of benzene rings is 2. The van der Waals surface area contributed by atoms with Gasteiger partial charge in [0, 0.05) is 37.6 Å². The van der Waals surface area contributed by atoms with E-state index in [4.69, 9.17) is 15.2 Å². The van der Waals surface area contributed by atoms with E-state index in [2.05, 4.69) is 44.0 Å². The van der Waals surface area contributed by atoms with Crippen molar-refractivity contribution in [3.8, 4) is 17.4 Å². The van der Waals surface area contributed by atoms with Gasteiger partial charge < -0.3 is 35.6 Å². The van der Waals surface area contributed by atoms with Crippen LogP contribution in [0.4, 0.5) is 22.9 Å². The molecular weight excluding hydrogens is 498 g/mol. The van der Waals surface area contributed by atoms with Gasteiger partial charge in [0.1, 0.15) is 5.69 Å². The molecule has 4 rings (SSSR count). The Kier molecular flexibility index (Phi) is 8.62. The number of nitrogens with two attached hydrogens (primary N) is 1. The van der Waals surface area contributed by atoms with E-state index < -0.39 is 11.8 Å². The van der Waals surface area contributed by atoms with E-state index >= 15 is 0 Å². The molecule has 1 aromatic heterocycles. The largest absolute Gasteiger partial charge is 0.491 e. The number of piperazine rings is 1. The summed E-state index contributed by atoms with van der Waals surface area (Å²) in [5.74, 6) is -0.175. The third kappa shape index (κ3) is 6.44. The molecule has 1 fully saturated rings. The number of hydrogen-bond donors (Lipinski definition) is 3. The lowest BCUT2D eigenvalue weighted by Gasteiger charge is -2.34. The molecule has 204 valence electrons. The molecule has 2 amide bonds. The molecule has 0 unspecified atom stereocenters. The topological polar surface area (TPSA) is 135 Å². The zero-order valence-corrected chi connectivity index (χ0v) is 22.4. The quantitative estimate of drug-likeness (QED) is 0.336. The van der Waals surface area contributed by atoms with Crippen LogP contribution in [-0.4, -0.2) is 67.0 Å². The number of carbonyl (C=O) groups is 2. The average Bonchev–Trinajstić information content (AvgIpc) is 2.94. The van der Waals surface area contributed by atoms with Crippen LogP contribution in [0, 0.1) is 0 Å². The Morgan fingerprint density at radius 3 is 2.44 bits per heavy atom. The van der Waals surface area contributed by atoms with E-state index in [9.17, 15) is 9.59 Å². The second kappa shape index (κ2) is 12.3. The second-order valence-corrected chi connectivity index (χ2v) is 8.99. The lowest BCUT2D eigenvalue weighted by molar-refractivity contribution is -0.111. The number of aromatic nitrogens is 2. The maximum Gasteiger partial charge on any atom is 0.271 e. The summed E-state index contributed by atoms with van der Waals surface area (Å²) in [6.07, 6.45) is 1.59. The molecule has 11 nitrogen and oxygen atoms in total. The van der Waals surface area contributed by atoms with Gasteiger partial charge in [-0.05, 0) is 55.9 Å². The van der Waals surface area contributed by atoms with Crippen molar-refractivity contribution in [2.24, 2.45) is 5.73 Å². The summed E-state index contributed by atoms with van der Waals surface area (Å²) in [5.41, 5.74) is 8.32. The van der Waals surface area contributed by atoms with Crippen molar-refractivity contribution in [1.29, 1.82) is 0 Å². The van der Waals surface area contributed by atoms with Gasteiger partial charge in [-0.15, -0.1) is 0 Å². The maximum absolute atomic E-state index is 12.3. The number of para-hydroxylation sites is 1. The fraction of sp³-hybridized carbons (Fsp3) is 0.286. The van der Waals surface area contributed by atoms with Gasteiger partial charge in [-0.2, -0.15) is 4.98 Å². The number of rotatable bonds is 10. The Balaban J connectivity index is 1.64. The van der Waals surface area contributed by atoms with Crippen molar-refractivity contribution < 1.29 is 19.1 Å². The molecule has 2 aromatic carbocycles. The number of primary amides is 1. The first-order chi connectivity index (χ1) is 18.8. The second-order valence-electron chi connectivity index (χ2n) is 8.99. The Labute approximate surface area is 227 Å². The van der Waals surface area contributed by atoms with Crippen molar-refractivity contribution in [2.75, 3.05) is 55.9 Å². The molecule has 1 aliphatic rings. The summed E-state index contributed by atoms with van der Waals surface area (Å²) in [7, 11) is 3.59. The third-order valence-corrected chi connectivity index (χ3v) is 6.33. The molecule has 2 heterocycles. The summed E-state index contributed by atoms with van der Waals surface area (Å²) >= 11 is 0. The summed E-state index contributed by atoms with van der Waals surface area (Å²) in [5, 5.41) is 5.85. The van der Waals surface area contributed by atoms with Crippen LogP contribution in [-0.2, 0) is 11.2 Å². The molecule has 39 heavy (non-hydrogen) atoms. The molecule has 0 spiro atoms. The van der Waals surface area contributed by atoms with Gasteiger partial charge in [0.2, 0.25) is 11.8 Å². The number of likely N-dealkylation sites (N-methyl/N-ethyl adjacent to an activating group) is 1. The zero-order chi connectivity index (χ0) is 27.9. The number of carbonyl (C=O) groups excluding carboxylic acids is 2. The zero-order valence-electron chi connectivity index (χ0n) is 22.4. The number of nitrogens with one attached hydrogen (secondary N) is 2. The van der Waals surface area contributed by atoms with E-state index in [0.717, 1.165) is 37.9 Å². The van der Waals surface area contributed by atoms with Crippen LogP contribution in [0.2, 0.25) is 0 Å². The van der Waals surface area contributed by atoms with Gasteiger partial charge in [0.15, 0.2) is 23.0 Å². The van der Waals surface area contributed by atoms with Crippen LogP contribution >= 0.6 is 0 Å². The molecule has 0 saturated carbocycles. The van der Waals surface area contributed by atoms with Crippen molar-refractivity contribution >= 4 is 34.7 Å². The standard InChI is InChI=1S/C28H33N7O4/c1-5-20-28(39-22-9-7-8-21(25(22)38-4)31-23(36)6-2)33-27(24(32-20)26(29)37)30-18-10-12-19(13-11-18)35-16-14-34(3)15-17-35/h6-13H,2,5,14-17H2,1,3-4H3,(H2,29,37)(H,30,33)(H,31,36). The number of hydrogen-bond acceptors (Lipinski definition) is 9. The fourth-order valence-electron chi connectivity index (χ4n) is 4.18. The fourth-order valence-corrected chi connectivity index (χ4v) is 4.18. The highest BCUT2D eigenvalue weighted by molar-refractivity contribution is 6.00. The normalized spacial score (nSPS) is 13.5. The maximum atomic E-state index is 12.3. The summed E-state index contributed by atoms with van der Waals surface area (Å²) in [4.78, 5) is 37.8. The Hall–Kier alpha value is -4.64. The van der Waals surface area contributed by atoms with Crippen LogP contribution in [0.3, 0.4) is 0 Å². The molecule has 1 saturated heterocycles. The molecule has 11 heteroatoms. The first-order valence-corrected chi connectivity index (χ1v) is 12.6. The number of nitrogens with zero attached hydrogens (tertiary/aromatic N) is 4. The monoisotopic (exact) mass is 531 g/mol. The first-order valence-electron chi connectivity index (χ1n) is 12.6. The van der Waals surface area contributed by atoms with Crippen LogP contribution in [0.15, 0.2) is 55.1 Å². The van der Waals surface area contributed by atoms with Crippen LogP contribution in [0.1, 0.15) is 23.1 Å². The first kappa shape index (κ1) is 27.4. The van der Waals surface area contributed by atoms with Gasteiger partial charge in [0.05, 0.1) is 12.8 Å². The number of methoxy groups -OCH3 is 1. The molecule has 0 radical (unpaired) electrons. The molecule has 0 bridgehead atoms. The summed E-state index contributed by atoms with van der Waals surface area (Å²) < 4.78 is 11.6. The van der Waals surface area contributed by atoms with E-state index in [1.54, 1.807) is 18.2 Å². The molecule has 4 N–H and O–H groups in total. The van der Waals surface area contributed by atoms with Crippen LogP contribution in [0.25, 0.3) is 0 Å². The predicted molar refractivity (Wildman–Crippen MR) is 151 cm³/mol. The van der Waals surface area contributed by atoms with E-state index in [1.807, 2.05) is 31.2 Å². The average molecular weight is 532 g/mol. The van der Waals surface area contributed by atoms with Crippen molar-refractivity contribution in [2.45, 2.75) is 13.3 Å². The minimum Gasteiger partial charge on any atom is -0.491 e. The Morgan fingerprint density at radius 1 is 1.10 bits per heavy atom. The van der Waals surface area contributed by atoms with Gasteiger partial charge >= 0.3 is 0 Å². The Morgan fingerprint density at radius 2 is 1.82 bits per heavy atom. The number of amides is 2. The van der Waals surface area contributed by atoms with Crippen LogP contribution in [0.5, 0.6) is 17.4 Å². The molecule has 1 aliphatic heterocycles. The summed E-state index contributed by atoms with van der Waals surface area (Å²) in [6.45, 7) is 9.28. The van der Waals surface area contributed by atoms with Gasteiger partial charge in [0.25, 0.3) is 5.91 Å². The smallest absolute Gasteiger partial charge is 0.271 e. The third-order valence-electron chi connectivity index (χ3n) is 6.33. The Bertz CT molecular complexity index is 1350. The van der Waals surface area contributed by atoms with Gasteiger partial charge in [-0.25, -0.2) is 4.98 Å². The van der Waals surface area contributed by atoms with Crippen LogP contribution < -0.4 is 30.7 Å². The molecule has 0 atom stereocenters. The van der Waals surface area contributed by atoms with E-state index in [0.29, 0.717) is 35.0 Å². The van der Waals surface area contributed by atoms with Gasteiger partial charge in [-0.1, -0.05) is 19.6 Å². The minimum absolute atomic E-state index is 0.00121. The molecular formula is C28H33N7O4. The number of aryl methyl sites for hydroxylation is 1. The van der Waals surface area contributed by atoms with Crippen molar-refractivity contribution in [3.63, 3.8) is 0 Å². The van der Waals surface area contributed by atoms with E-state index in [-0.39, 0.29) is 17.4 Å². The molecule has 0 aliphatic carbocycles. The summed E-state index contributed by atoms with van der Waals surface area (Å²) in [6, 6.07) is 12.9. The van der Waals surface area contributed by atoms with E-state index in [1.165, 1.54) is 7.11 Å². The highest BCUT2D eigenvalue weighted by Gasteiger charge is 2.21. The number of anilines is 4. The SMILES string of the molecule is C=CC(=O)Nc1cccc(Oc2nc(Nc3ccc(N4CCN(C)CC4)cc3)c(C(N)=O)nc2CC)c1OC. The van der Waals surface area contributed by atoms with Crippen molar-refractivity contribution in [3.05, 3.63) is 66.5 Å². The minimum atomic E-state index is -0.716. The lowest BCUT2D eigenvalue weighted by Crippen LogP contribution is -2.44. The highest BCUT2D eigenvalue weighted by atomic mass is 16.5.